The van der Waals surface area contributed by atoms with Crippen LogP contribution in [0.5, 0.6) is 0 Å². The summed E-state index contributed by atoms with van der Waals surface area (Å²) in [6.45, 7) is 15.9. The number of rotatable bonds is 15. The highest BCUT2D eigenvalue weighted by molar-refractivity contribution is 6.31. The van der Waals surface area contributed by atoms with Gasteiger partial charge in [0.1, 0.15) is 0 Å². The fourth-order valence-electron chi connectivity index (χ4n) is 4.12. The molecule has 0 bridgehead atoms. The third-order valence-electron chi connectivity index (χ3n) is 6.16. The molecule has 1 aromatic carbocycles. The van der Waals surface area contributed by atoms with Crippen LogP contribution in [0.15, 0.2) is 30.5 Å². The Morgan fingerprint density at radius 3 is 2.17 bits per heavy atom. The average molecular weight is 433 g/mol. The molecule has 30 heavy (non-hydrogen) atoms. The summed E-state index contributed by atoms with van der Waals surface area (Å²) in [5.41, 5.74) is 2.13. The van der Waals surface area contributed by atoms with Gasteiger partial charge in [0.2, 0.25) is 0 Å². The van der Waals surface area contributed by atoms with Gasteiger partial charge in [0.25, 0.3) is 0 Å². The summed E-state index contributed by atoms with van der Waals surface area (Å²) in [6.07, 6.45) is 8.03. The molecule has 0 spiro atoms. The monoisotopic (exact) mass is 432 g/mol. The molecule has 0 saturated carbocycles. The predicted molar refractivity (Wildman–Crippen MR) is 133 cm³/mol. The molecule has 0 aliphatic heterocycles. The second kappa shape index (κ2) is 13.8. The Kier molecular flexibility index (Phi) is 11.5. The van der Waals surface area contributed by atoms with E-state index in [0.29, 0.717) is 6.04 Å². The van der Waals surface area contributed by atoms with Crippen molar-refractivity contribution in [3.05, 3.63) is 35.5 Å². The topological polar surface area (TPSA) is 31.4 Å². The highest BCUT2D eigenvalue weighted by Gasteiger charge is 2.12. The second-order valence-corrected chi connectivity index (χ2v) is 8.49. The van der Waals surface area contributed by atoms with Crippen molar-refractivity contribution in [1.82, 2.24) is 14.8 Å². The third kappa shape index (κ3) is 8.05. The van der Waals surface area contributed by atoms with Crippen LogP contribution in [0.1, 0.15) is 59.8 Å². The van der Waals surface area contributed by atoms with Crippen LogP contribution < -0.4 is 5.32 Å². The first-order valence-electron chi connectivity index (χ1n) is 11.9. The molecule has 1 unspecified atom stereocenters. The molecule has 2 rings (SSSR count). The van der Waals surface area contributed by atoms with Crippen LogP contribution in [0.3, 0.4) is 0 Å². The van der Waals surface area contributed by atoms with E-state index >= 15 is 0 Å². The minimum absolute atomic E-state index is 0.485. The van der Waals surface area contributed by atoms with Gasteiger partial charge in [-0.05, 0) is 89.2 Å². The maximum Gasteiger partial charge on any atom is 0.0737 e. The molecular weight excluding hydrogens is 392 g/mol. The maximum absolute atomic E-state index is 6.17. The van der Waals surface area contributed by atoms with Crippen molar-refractivity contribution < 1.29 is 0 Å². The number of halogens is 1. The lowest BCUT2D eigenvalue weighted by Crippen LogP contribution is -2.27. The van der Waals surface area contributed by atoms with Crippen LogP contribution in [0.25, 0.3) is 10.9 Å². The highest BCUT2D eigenvalue weighted by atomic mass is 35.5. The first-order valence-corrected chi connectivity index (χ1v) is 12.2. The quantitative estimate of drug-likeness (QED) is 0.334. The maximum atomic E-state index is 6.17. The Bertz CT molecular complexity index is 728. The molecule has 0 aliphatic rings. The first-order chi connectivity index (χ1) is 14.6. The number of nitrogens with zero attached hydrogens (tertiary/aromatic N) is 3. The van der Waals surface area contributed by atoms with Crippen LogP contribution in [-0.4, -0.2) is 60.1 Å². The molecule has 1 atom stereocenters. The summed E-state index contributed by atoms with van der Waals surface area (Å²) in [7, 11) is 0. The molecule has 2 aromatic rings. The number of benzene rings is 1. The van der Waals surface area contributed by atoms with E-state index in [1.165, 1.54) is 50.9 Å². The molecule has 0 fully saturated rings. The minimum atomic E-state index is 0.485. The molecule has 0 radical (unpaired) electrons. The van der Waals surface area contributed by atoms with Crippen LogP contribution in [-0.2, 0) is 0 Å². The number of unbranched alkanes of at least 4 members (excludes halogenated alkanes) is 1. The normalized spacial score (nSPS) is 12.8. The van der Waals surface area contributed by atoms with E-state index in [-0.39, 0.29) is 0 Å². The number of hydrogen-bond donors (Lipinski definition) is 1. The molecule has 0 saturated heterocycles. The molecule has 0 amide bonds. The van der Waals surface area contributed by atoms with Gasteiger partial charge < -0.3 is 15.1 Å². The molecule has 0 aliphatic carbocycles. The number of pyridine rings is 1. The molecule has 1 N–H and O–H groups in total. The lowest BCUT2D eigenvalue weighted by Gasteiger charge is -2.24. The summed E-state index contributed by atoms with van der Waals surface area (Å²) in [5.74, 6) is 0. The Labute approximate surface area is 189 Å². The average Bonchev–Trinajstić information content (AvgIpc) is 2.76. The predicted octanol–water partition coefficient (Wildman–Crippen LogP) is 6.30. The summed E-state index contributed by atoms with van der Waals surface area (Å²) in [6, 6.07) is 8.57. The zero-order valence-electron chi connectivity index (χ0n) is 19.5. The molecule has 4 nitrogen and oxygen atoms in total. The number of nitrogens with one attached hydrogen (secondary N) is 1. The van der Waals surface area contributed by atoms with Gasteiger partial charge in [-0.15, -0.1) is 0 Å². The van der Waals surface area contributed by atoms with Crippen LogP contribution >= 0.6 is 11.6 Å². The summed E-state index contributed by atoms with van der Waals surface area (Å²) in [5, 5.41) is 5.74. The van der Waals surface area contributed by atoms with Crippen molar-refractivity contribution in [2.75, 3.05) is 44.6 Å². The molecular formula is C25H41ClN4. The highest BCUT2D eigenvalue weighted by Crippen LogP contribution is 2.26. The fraction of sp³-hybridized carbons (Fsp3) is 0.640. The summed E-state index contributed by atoms with van der Waals surface area (Å²) in [4.78, 5) is 9.53. The Morgan fingerprint density at radius 2 is 1.50 bits per heavy atom. The molecule has 5 heteroatoms. The van der Waals surface area contributed by atoms with Crippen molar-refractivity contribution >= 4 is 28.2 Å². The Hall–Kier alpha value is -1.36. The Morgan fingerprint density at radius 1 is 0.867 bits per heavy atom. The van der Waals surface area contributed by atoms with E-state index in [1.807, 2.05) is 18.3 Å². The second-order valence-electron chi connectivity index (χ2n) is 8.05. The number of aromatic nitrogens is 1. The van der Waals surface area contributed by atoms with Gasteiger partial charge in [-0.1, -0.05) is 45.7 Å². The number of hydrogen-bond acceptors (Lipinski definition) is 4. The van der Waals surface area contributed by atoms with E-state index < -0.39 is 0 Å². The van der Waals surface area contributed by atoms with E-state index in [9.17, 15) is 0 Å². The van der Waals surface area contributed by atoms with Gasteiger partial charge in [0.05, 0.1) is 5.52 Å². The van der Waals surface area contributed by atoms with Gasteiger partial charge in [0, 0.05) is 28.3 Å². The van der Waals surface area contributed by atoms with Crippen molar-refractivity contribution in [2.24, 2.45) is 0 Å². The molecule has 1 heterocycles. The number of anilines is 1. The summed E-state index contributed by atoms with van der Waals surface area (Å²) >= 11 is 6.17. The smallest absolute Gasteiger partial charge is 0.0737 e. The van der Waals surface area contributed by atoms with Crippen LogP contribution in [0.4, 0.5) is 5.69 Å². The standard InChI is InChI=1S/C25H41ClN4/c1-5-29(6-2)18-10-9-12-22(13-11-19-30(7-3)8-4)28-24-16-17-27-25-20-21(26)14-15-23(24)25/h14-17,20,22H,5-13,18-19H2,1-4H3,(H,27,28). The van der Waals surface area contributed by atoms with Crippen molar-refractivity contribution in [2.45, 2.75) is 65.8 Å². The van der Waals surface area contributed by atoms with Crippen molar-refractivity contribution in [3.63, 3.8) is 0 Å². The Balaban J connectivity index is 2.01. The summed E-state index contributed by atoms with van der Waals surface area (Å²) < 4.78 is 0. The minimum Gasteiger partial charge on any atom is -0.382 e. The van der Waals surface area contributed by atoms with Crippen molar-refractivity contribution in [1.29, 1.82) is 0 Å². The van der Waals surface area contributed by atoms with Crippen LogP contribution in [0, 0.1) is 0 Å². The van der Waals surface area contributed by atoms with Gasteiger partial charge >= 0.3 is 0 Å². The van der Waals surface area contributed by atoms with E-state index in [2.05, 4.69) is 59.9 Å². The number of fused-ring (bicyclic) bond motifs is 1. The zero-order valence-corrected chi connectivity index (χ0v) is 20.2. The molecule has 168 valence electrons. The van der Waals surface area contributed by atoms with Crippen molar-refractivity contribution in [3.8, 4) is 0 Å². The molecule has 1 aromatic heterocycles. The van der Waals surface area contributed by atoms with E-state index in [0.717, 1.165) is 42.1 Å². The van der Waals surface area contributed by atoms with Crippen LogP contribution in [0.2, 0.25) is 5.02 Å². The van der Waals surface area contributed by atoms with Gasteiger partial charge in [0.15, 0.2) is 0 Å². The third-order valence-corrected chi connectivity index (χ3v) is 6.39. The lowest BCUT2D eigenvalue weighted by molar-refractivity contribution is 0.287. The first kappa shape index (κ1) is 24.9. The SMILES string of the molecule is CCN(CC)CCCCC(CCCN(CC)CC)Nc1ccnc2cc(Cl)ccc12. The van der Waals surface area contributed by atoms with Gasteiger partial charge in [-0.25, -0.2) is 0 Å². The fourth-order valence-corrected chi connectivity index (χ4v) is 4.29. The van der Waals surface area contributed by atoms with Gasteiger partial charge in [-0.2, -0.15) is 0 Å². The van der Waals surface area contributed by atoms with Gasteiger partial charge in [-0.3, -0.25) is 4.98 Å². The lowest BCUT2D eigenvalue weighted by atomic mass is 10.0. The van der Waals surface area contributed by atoms with E-state index in [1.54, 1.807) is 0 Å². The largest absolute Gasteiger partial charge is 0.382 e. The zero-order chi connectivity index (χ0) is 21.8. The van der Waals surface area contributed by atoms with E-state index in [4.69, 9.17) is 11.6 Å².